The number of nitrogens with one attached hydrogen (secondary N) is 1. The molecule has 1 aromatic carbocycles. The molecule has 7 saturated carbocycles. The number of fused-ring (bicyclic) bond motifs is 7. The summed E-state index contributed by atoms with van der Waals surface area (Å²) in [6, 6.07) is 7.68. The smallest absolute Gasteiger partial charge is 0.331 e. The van der Waals surface area contributed by atoms with Crippen molar-refractivity contribution >= 4 is 12.3 Å². The third-order valence-electron chi connectivity index (χ3n) is 19.1. The molecule has 58 heavy (non-hydrogen) atoms. The van der Waals surface area contributed by atoms with Crippen LogP contribution >= 0.6 is 0 Å². The molecular weight excluding hydrogens is 735 g/mol. The normalized spacial score (nSPS) is 49.7. The fraction of sp³-hybridized carbons (Fsp3) is 0.750. The molecule has 10 rings (SSSR count). The van der Waals surface area contributed by atoms with Crippen LogP contribution in [0.4, 0.5) is 0 Å². The highest BCUT2D eigenvalue weighted by molar-refractivity contribution is 5.86. The van der Waals surface area contributed by atoms with Crippen LogP contribution < -0.4 is 5.32 Å². The summed E-state index contributed by atoms with van der Waals surface area (Å²) in [7, 11) is 0. The Hall–Kier alpha value is -2.62. The van der Waals surface area contributed by atoms with E-state index in [1.807, 2.05) is 18.2 Å². The van der Waals surface area contributed by atoms with E-state index in [-0.39, 0.29) is 55.7 Å². The maximum Gasteiger partial charge on any atom is 0.331 e. The van der Waals surface area contributed by atoms with Gasteiger partial charge in [-0.3, -0.25) is 5.32 Å². The monoisotopic (exact) mass is 797 g/mol. The van der Waals surface area contributed by atoms with Gasteiger partial charge in [-0.2, -0.15) is 0 Å². The van der Waals surface area contributed by atoms with E-state index in [1.54, 1.807) is 6.08 Å². The molecular formula is C48H63NO9. The number of benzene rings is 1. The third-order valence-corrected chi connectivity index (χ3v) is 19.1. The molecule has 10 nitrogen and oxygen atoms in total. The Labute approximate surface area is 342 Å². The van der Waals surface area contributed by atoms with Crippen LogP contribution in [0.1, 0.15) is 114 Å². The van der Waals surface area contributed by atoms with Gasteiger partial charge in [0.05, 0.1) is 30.0 Å². The maximum absolute atomic E-state index is 14.1. The maximum atomic E-state index is 14.1. The zero-order valence-electron chi connectivity index (χ0n) is 33.9. The predicted octanol–water partition coefficient (Wildman–Crippen LogP) is 3.95. The highest BCUT2D eigenvalue weighted by Gasteiger charge is 2.85. The molecule has 0 aromatic heterocycles. The predicted molar refractivity (Wildman–Crippen MR) is 213 cm³/mol. The lowest BCUT2D eigenvalue weighted by atomic mass is 9.35. The van der Waals surface area contributed by atoms with Gasteiger partial charge in [-0.1, -0.05) is 62.6 Å². The van der Waals surface area contributed by atoms with E-state index in [1.165, 1.54) is 12.8 Å². The molecule has 7 fully saturated rings. The molecule has 314 valence electrons. The van der Waals surface area contributed by atoms with Gasteiger partial charge in [0.15, 0.2) is 0 Å². The molecule has 10 heteroatoms. The summed E-state index contributed by atoms with van der Waals surface area (Å²) in [4.78, 5) is 27.5. The second-order valence-electron chi connectivity index (χ2n) is 20.6. The Morgan fingerprint density at radius 2 is 1.74 bits per heavy atom. The minimum Gasteiger partial charge on any atom is -0.454 e. The van der Waals surface area contributed by atoms with Crippen molar-refractivity contribution in [2.75, 3.05) is 6.73 Å². The number of aliphatic hydroxyl groups is 6. The number of carbonyl (C=O) groups excluding carboxylic acids is 2. The number of ether oxygens (including phenoxy) is 1. The first kappa shape index (κ1) is 39.5. The van der Waals surface area contributed by atoms with Crippen molar-refractivity contribution in [1.29, 1.82) is 0 Å². The molecule has 1 aromatic rings. The van der Waals surface area contributed by atoms with E-state index in [0.29, 0.717) is 63.2 Å². The average molecular weight is 798 g/mol. The zero-order valence-corrected chi connectivity index (χ0v) is 33.9. The lowest BCUT2D eigenvalue weighted by Gasteiger charge is -2.73. The first-order chi connectivity index (χ1) is 27.9. The quantitative estimate of drug-likeness (QED) is 0.100. The number of hydrogen-bond acceptors (Lipinski definition) is 10. The highest BCUT2D eigenvalue weighted by atomic mass is 16.5. The standard InChI is InChI=1S/C48H63NO9/c1-27(28-8-2-3-9-28)30-13-14-35-38(52)15-18-45(25-50)39-16-19-44-17-7-6-11-29-10-4-5-12-31(29)22-37(49-26-51)33-20-32(41(44)34-23-40(53)58-42(33)34)24-46(44,55)48(39,57)43(54)36(21-30)47(35,45)56/h4-5,10,12,23,25,27-28,30,32-33,35-39,41-43,49,51-52,54-57H,2-3,7-9,13-22,24,26H2,1H3. The van der Waals surface area contributed by atoms with Crippen molar-refractivity contribution in [2.45, 2.75) is 151 Å². The van der Waals surface area contributed by atoms with Crippen LogP contribution in [0.25, 0.3) is 0 Å². The molecule has 0 radical (unpaired) electrons. The van der Waals surface area contributed by atoms with E-state index in [4.69, 9.17) is 4.74 Å². The molecule has 0 amide bonds. The minimum atomic E-state index is -2.19. The first-order valence-electron chi connectivity index (χ1n) is 22.7. The first-order valence-corrected chi connectivity index (χ1v) is 22.7. The molecule has 17 unspecified atom stereocenters. The fourth-order valence-electron chi connectivity index (χ4n) is 16.7. The van der Waals surface area contributed by atoms with Gasteiger partial charge in [-0.25, -0.2) is 4.79 Å². The van der Waals surface area contributed by atoms with Gasteiger partial charge < -0.3 is 40.2 Å². The second-order valence-corrected chi connectivity index (χ2v) is 20.6. The van der Waals surface area contributed by atoms with Crippen molar-refractivity contribution in [2.24, 2.45) is 64.1 Å². The Bertz CT molecular complexity index is 1920. The van der Waals surface area contributed by atoms with Gasteiger partial charge in [0.1, 0.15) is 23.6 Å². The summed E-state index contributed by atoms with van der Waals surface area (Å²) in [5, 5.41) is 80.2. The second kappa shape index (κ2) is 14.0. The Morgan fingerprint density at radius 1 is 0.948 bits per heavy atom. The van der Waals surface area contributed by atoms with E-state index >= 15 is 0 Å². The van der Waals surface area contributed by atoms with Gasteiger partial charge >= 0.3 is 5.97 Å². The van der Waals surface area contributed by atoms with E-state index < -0.39 is 69.7 Å². The molecule has 17 atom stereocenters. The molecule has 8 aliphatic carbocycles. The number of aldehydes is 1. The lowest BCUT2D eigenvalue weighted by Crippen LogP contribution is -2.85. The lowest BCUT2D eigenvalue weighted by molar-refractivity contribution is -0.375. The molecule has 4 bridgehead atoms. The van der Waals surface area contributed by atoms with E-state index in [0.717, 1.165) is 42.2 Å². The van der Waals surface area contributed by atoms with Crippen LogP contribution in [0, 0.1) is 75.9 Å². The van der Waals surface area contributed by atoms with E-state index in [9.17, 15) is 40.2 Å². The van der Waals surface area contributed by atoms with Crippen LogP contribution in [-0.4, -0.2) is 90.8 Å². The van der Waals surface area contributed by atoms with Crippen LogP contribution in [0.3, 0.4) is 0 Å². The zero-order chi connectivity index (χ0) is 40.4. The average Bonchev–Trinajstić information content (AvgIpc) is 3.92. The van der Waals surface area contributed by atoms with Crippen molar-refractivity contribution in [3.05, 3.63) is 47.0 Å². The summed E-state index contributed by atoms with van der Waals surface area (Å²) in [6.45, 7) is 2.01. The molecule has 1 aliphatic heterocycles. The SMILES string of the molecule is CC(C1CCCC1)C1CCC2C(O)CCC3(C=O)C4CCC56CCC#Cc7ccccc7CC(NCO)C7CC(CC5(O)C4(O)C(O)C(C1)C23O)C6C1=CC(=O)OC17. The van der Waals surface area contributed by atoms with Crippen LogP contribution in [0.5, 0.6) is 0 Å². The summed E-state index contributed by atoms with van der Waals surface area (Å²) >= 11 is 0. The van der Waals surface area contributed by atoms with Gasteiger partial charge in [0.25, 0.3) is 0 Å². The van der Waals surface area contributed by atoms with Crippen LogP contribution in [0.15, 0.2) is 35.9 Å². The summed E-state index contributed by atoms with van der Waals surface area (Å²) in [5.41, 5.74) is -5.69. The number of rotatable bonds is 5. The highest BCUT2D eigenvalue weighted by Crippen LogP contribution is 2.77. The topological polar surface area (TPSA) is 177 Å². The third kappa shape index (κ3) is 5.05. The largest absolute Gasteiger partial charge is 0.454 e. The summed E-state index contributed by atoms with van der Waals surface area (Å²) < 4.78 is 6.18. The van der Waals surface area contributed by atoms with Crippen molar-refractivity contribution < 1.29 is 45.0 Å². The summed E-state index contributed by atoms with van der Waals surface area (Å²) in [5.74, 6) is 3.94. The molecule has 9 aliphatic rings. The van der Waals surface area contributed by atoms with E-state index in [2.05, 4.69) is 30.1 Å². The summed E-state index contributed by atoms with van der Waals surface area (Å²) in [6.07, 6.45) is 8.95. The van der Waals surface area contributed by atoms with Gasteiger partial charge in [0, 0.05) is 53.2 Å². The number of hydrogen-bond donors (Lipinski definition) is 7. The van der Waals surface area contributed by atoms with Gasteiger partial charge in [-0.05, 0) is 117 Å². The number of carbonyl (C=O) groups is 2. The molecule has 1 heterocycles. The van der Waals surface area contributed by atoms with Gasteiger partial charge in [0.2, 0.25) is 0 Å². The Kier molecular flexibility index (Phi) is 9.51. The van der Waals surface area contributed by atoms with Gasteiger partial charge in [-0.15, -0.1) is 0 Å². The van der Waals surface area contributed by atoms with Crippen molar-refractivity contribution in [3.8, 4) is 11.8 Å². The van der Waals surface area contributed by atoms with Crippen molar-refractivity contribution in [3.63, 3.8) is 0 Å². The minimum absolute atomic E-state index is 0.108. The Balaban J connectivity index is 1.14. The van der Waals surface area contributed by atoms with Crippen molar-refractivity contribution in [1.82, 2.24) is 5.32 Å². The number of aliphatic hydroxyl groups excluding tert-OH is 3. The van der Waals surface area contributed by atoms with Crippen LogP contribution in [-0.2, 0) is 20.7 Å². The van der Waals surface area contributed by atoms with Crippen LogP contribution in [0.2, 0.25) is 0 Å². The molecule has 0 saturated heterocycles. The molecule has 7 N–H and O–H groups in total. The number of esters is 1. The fourth-order valence-corrected chi connectivity index (χ4v) is 16.7. The molecule has 1 spiro atoms. The Morgan fingerprint density at radius 3 is 2.52 bits per heavy atom.